The van der Waals surface area contributed by atoms with Crippen molar-refractivity contribution in [1.29, 1.82) is 0 Å². The van der Waals surface area contributed by atoms with Crippen LogP contribution >= 0.6 is 0 Å². The standard InChI is InChI=1S/C17H21NO2/c1-16(2)14(17(16,3)4)13(19)11-6-5-10-7-8-18-15(20)12(10)9-11/h5-6,9,14H,7-8H2,1-4H3,(H,18,20). The first kappa shape index (κ1) is 13.3. The fourth-order valence-corrected chi connectivity index (χ4v) is 3.58. The summed E-state index contributed by atoms with van der Waals surface area (Å²) >= 11 is 0. The van der Waals surface area contributed by atoms with E-state index in [1.54, 1.807) is 6.07 Å². The van der Waals surface area contributed by atoms with Gasteiger partial charge < -0.3 is 5.32 Å². The maximum atomic E-state index is 12.7. The molecule has 0 bridgehead atoms. The largest absolute Gasteiger partial charge is 0.352 e. The first-order chi connectivity index (χ1) is 9.26. The van der Waals surface area contributed by atoms with Gasteiger partial charge >= 0.3 is 0 Å². The van der Waals surface area contributed by atoms with Crippen LogP contribution in [-0.4, -0.2) is 18.2 Å². The molecular formula is C17H21NO2. The highest BCUT2D eigenvalue weighted by Gasteiger charge is 2.67. The molecule has 1 aromatic carbocycles. The summed E-state index contributed by atoms with van der Waals surface area (Å²) in [6.45, 7) is 9.24. The molecule has 1 aliphatic carbocycles. The van der Waals surface area contributed by atoms with Crippen LogP contribution < -0.4 is 5.32 Å². The van der Waals surface area contributed by atoms with Crippen LogP contribution in [0.5, 0.6) is 0 Å². The van der Waals surface area contributed by atoms with E-state index in [0.717, 1.165) is 12.0 Å². The van der Waals surface area contributed by atoms with Crippen molar-refractivity contribution >= 4 is 11.7 Å². The summed E-state index contributed by atoms with van der Waals surface area (Å²) in [5.41, 5.74) is 2.44. The van der Waals surface area contributed by atoms with Crippen LogP contribution in [0, 0.1) is 16.7 Å². The molecule has 1 heterocycles. The Hall–Kier alpha value is -1.64. The van der Waals surface area contributed by atoms with Crippen LogP contribution in [0.4, 0.5) is 0 Å². The van der Waals surface area contributed by atoms with E-state index in [1.807, 2.05) is 12.1 Å². The molecule has 0 saturated heterocycles. The SMILES string of the molecule is CC1(C)C(C(=O)c2ccc3c(c2)C(=O)NCC3)C1(C)C. The van der Waals surface area contributed by atoms with Crippen LogP contribution in [0.25, 0.3) is 0 Å². The Labute approximate surface area is 119 Å². The summed E-state index contributed by atoms with van der Waals surface area (Å²) < 4.78 is 0. The molecule has 1 aromatic rings. The predicted octanol–water partition coefficient (Wildman–Crippen LogP) is 2.84. The van der Waals surface area contributed by atoms with Gasteiger partial charge in [0.15, 0.2) is 5.78 Å². The van der Waals surface area contributed by atoms with Gasteiger partial charge in [-0.25, -0.2) is 0 Å². The molecule has 3 heteroatoms. The minimum Gasteiger partial charge on any atom is -0.352 e. The minimum atomic E-state index is -0.0600. The number of benzene rings is 1. The molecule has 0 radical (unpaired) electrons. The van der Waals surface area contributed by atoms with Gasteiger partial charge in [-0.05, 0) is 28.9 Å². The second-order valence-electron chi connectivity index (χ2n) is 7.12. The lowest BCUT2D eigenvalue weighted by Gasteiger charge is -2.17. The van der Waals surface area contributed by atoms with Gasteiger partial charge in [0, 0.05) is 23.6 Å². The molecular weight excluding hydrogens is 250 g/mol. The van der Waals surface area contributed by atoms with E-state index in [9.17, 15) is 9.59 Å². The summed E-state index contributed by atoms with van der Waals surface area (Å²) in [6.07, 6.45) is 0.843. The molecule has 2 aliphatic rings. The van der Waals surface area contributed by atoms with Crippen molar-refractivity contribution in [2.24, 2.45) is 16.7 Å². The molecule has 1 N–H and O–H groups in total. The van der Waals surface area contributed by atoms with Gasteiger partial charge in [0.25, 0.3) is 5.91 Å². The number of rotatable bonds is 2. The predicted molar refractivity (Wildman–Crippen MR) is 77.9 cm³/mol. The van der Waals surface area contributed by atoms with Crippen molar-refractivity contribution in [3.05, 3.63) is 34.9 Å². The van der Waals surface area contributed by atoms with Crippen molar-refractivity contribution < 1.29 is 9.59 Å². The highest BCUT2D eigenvalue weighted by atomic mass is 16.1. The molecule has 0 unspecified atom stereocenters. The normalized spacial score (nSPS) is 22.9. The minimum absolute atomic E-state index is 0.0300. The maximum Gasteiger partial charge on any atom is 0.251 e. The third kappa shape index (κ3) is 1.65. The lowest BCUT2D eigenvalue weighted by Crippen LogP contribution is -2.32. The van der Waals surface area contributed by atoms with E-state index in [-0.39, 0.29) is 28.4 Å². The van der Waals surface area contributed by atoms with Crippen LogP contribution in [0.15, 0.2) is 18.2 Å². The average Bonchev–Trinajstić information content (AvgIpc) is 2.79. The smallest absolute Gasteiger partial charge is 0.251 e. The molecule has 1 saturated carbocycles. The number of hydrogen-bond donors (Lipinski definition) is 1. The van der Waals surface area contributed by atoms with Crippen LogP contribution in [0.1, 0.15) is 54.0 Å². The molecule has 1 aliphatic heterocycles. The highest BCUT2D eigenvalue weighted by molar-refractivity contribution is 6.04. The van der Waals surface area contributed by atoms with Gasteiger partial charge in [0.1, 0.15) is 0 Å². The molecule has 1 amide bonds. The Morgan fingerprint density at radius 3 is 2.45 bits per heavy atom. The van der Waals surface area contributed by atoms with Crippen molar-refractivity contribution in [2.75, 3.05) is 6.54 Å². The first-order valence-electron chi connectivity index (χ1n) is 7.22. The molecule has 3 rings (SSSR count). The van der Waals surface area contributed by atoms with Gasteiger partial charge in [0.05, 0.1) is 0 Å². The van der Waals surface area contributed by atoms with Gasteiger partial charge in [-0.2, -0.15) is 0 Å². The summed E-state index contributed by atoms with van der Waals surface area (Å²) in [5, 5.41) is 2.83. The number of carbonyl (C=O) groups excluding carboxylic acids is 2. The van der Waals surface area contributed by atoms with Crippen LogP contribution in [0.2, 0.25) is 0 Å². The van der Waals surface area contributed by atoms with Gasteiger partial charge in [-0.3, -0.25) is 9.59 Å². The number of nitrogens with one attached hydrogen (secondary N) is 1. The summed E-state index contributed by atoms with van der Waals surface area (Å²) in [4.78, 5) is 24.6. The van der Waals surface area contributed by atoms with Crippen molar-refractivity contribution in [1.82, 2.24) is 5.32 Å². The fraction of sp³-hybridized carbons (Fsp3) is 0.529. The second kappa shape index (κ2) is 3.94. The molecule has 106 valence electrons. The Balaban J connectivity index is 1.95. The summed E-state index contributed by atoms with van der Waals surface area (Å²) in [6, 6.07) is 5.59. The number of amides is 1. The zero-order valence-corrected chi connectivity index (χ0v) is 12.5. The number of ketones is 1. The van der Waals surface area contributed by atoms with Crippen LogP contribution in [-0.2, 0) is 6.42 Å². The number of carbonyl (C=O) groups is 2. The van der Waals surface area contributed by atoms with Crippen molar-refractivity contribution in [3.63, 3.8) is 0 Å². The van der Waals surface area contributed by atoms with Gasteiger partial charge in [-0.15, -0.1) is 0 Å². The van der Waals surface area contributed by atoms with Gasteiger partial charge in [-0.1, -0.05) is 39.8 Å². The monoisotopic (exact) mass is 271 g/mol. The Kier molecular flexibility index (Phi) is 2.63. The zero-order chi connectivity index (χ0) is 14.7. The average molecular weight is 271 g/mol. The van der Waals surface area contributed by atoms with Crippen LogP contribution in [0.3, 0.4) is 0 Å². The molecule has 20 heavy (non-hydrogen) atoms. The quantitative estimate of drug-likeness (QED) is 0.841. The first-order valence-corrected chi connectivity index (χ1v) is 7.22. The van der Waals surface area contributed by atoms with E-state index >= 15 is 0 Å². The third-order valence-corrected chi connectivity index (χ3v) is 5.60. The number of hydrogen-bond acceptors (Lipinski definition) is 2. The van der Waals surface area contributed by atoms with Gasteiger partial charge in [0.2, 0.25) is 0 Å². The third-order valence-electron chi connectivity index (χ3n) is 5.60. The van der Waals surface area contributed by atoms with E-state index in [1.165, 1.54) is 0 Å². The molecule has 0 atom stereocenters. The highest BCUT2D eigenvalue weighted by Crippen LogP contribution is 2.69. The lowest BCUT2D eigenvalue weighted by atomic mass is 9.94. The molecule has 3 nitrogen and oxygen atoms in total. The van der Waals surface area contributed by atoms with E-state index in [4.69, 9.17) is 0 Å². The summed E-state index contributed by atoms with van der Waals surface area (Å²) in [5.74, 6) is 0.149. The molecule has 1 fully saturated rings. The van der Waals surface area contributed by atoms with Crippen molar-refractivity contribution in [2.45, 2.75) is 34.1 Å². The van der Waals surface area contributed by atoms with Crippen molar-refractivity contribution in [3.8, 4) is 0 Å². The lowest BCUT2D eigenvalue weighted by molar-refractivity contribution is 0.0945. The Morgan fingerprint density at radius 2 is 1.85 bits per heavy atom. The topological polar surface area (TPSA) is 46.2 Å². The number of fused-ring (bicyclic) bond motifs is 1. The van der Waals surface area contributed by atoms with E-state index < -0.39 is 0 Å². The van der Waals surface area contributed by atoms with E-state index in [0.29, 0.717) is 17.7 Å². The fourth-order valence-electron chi connectivity index (χ4n) is 3.58. The second-order valence-corrected chi connectivity index (χ2v) is 7.12. The maximum absolute atomic E-state index is 12.7. The zero-order valence-electron chi connectivity index (χ0n) is 12.5. The number of Topliss-reactive ketones (excluding diaryl/α,β-unsaturated/α-hetero) is 1. The molecule has 0 spiro atoms. The Morgan fingerprint density at radius 1 is 1.20 bits per heavy atom. The summed E-state index contributed by atoms with van der Waals surface area (Å²) in [7, 11) is 0. The Bertz CT molecular complexity index is 599. The molecule has 0 aromatic heterocycles. The van der Waals surface area contributed by atoms with E-state index in [2.05, 4.69) is 33.0 Å².